The molecule has 0 unspecified atom stereocenters. The summed E-state index contributed by atoms with van der Waals surface area (Å²) in [6.45, 7) is 7.91. The molecule has 3 aromatic rings. The Morgan fingerprint density at radius 1 is 1.07 bits per heavy atom. The summed E-state index contributed by atoms with van der Waals surface area (Å²) in [4.78, 5) is 27.7. The van der Waals surface area contributed by atoms with Crippen LogP contribution < -0.4 is 21.1 Å². The van der Waals surface area contributed by atoms with E-state index in [1.54, 1.807) is 22.9 Å². The lowest BCUT2D eigenvalue weighted by Crippen LogP contribution is -2.43. The summed E-state index contributed by atoms with van der Waals surface area (Å²) < 4.78 is 1.70. The first-order valence-electron chi connectivity index (χ1n) is 9.84. The van der Waals surface area contributed by atoms with E-state index in [9.17, 15) is 4.79 Å². The van der Waals surface area contributed by atoms with Gasteiger partial charge in [-0.05, 0) is 38.1 Å². The van der Waals surface area contributed by atoms with E-state index in [2.05, 4.69) is 36.6 Å². The minimum atomic E-state index is -0.0232. The number of aromatic nitrogens is 4. The highest BCUT2D eigenvalue weighted by Gasteiger charge is 2.11. The quantitative estimate of drug-likeness (QED) is 0.691. The molecule has 8 nitrogen and oxygen atoms in total. The Morgan fingerprint density at radius 2 is 1.90 bits per heavy atom. The summed E-state index contributed by atoms with van der Waals surface area (Å²) in [6.07, 6.45) is 5.40. The molecule has 0 spiro atoms. The molecular weight excluding hydrogens is 366 g/mol. The van der Waals surface area contributed by atoms with Crippen molar-refractivity contribution in [2.75, 3.05) is 36.4 Å². The van der Waals surface area contributed by atoms with Crippen LogP contribution in [0.3, 0.4) is 0 Å². The topological polar surface area (TPSA) is 88.0 Å². The highest BCUT2D eigenvalue weighted by Crippen LogP contribution is 2.20. The third-order valence-electron chi connectivity index (χ3n) is 4.92. The van der Waals surface area contributed by atoms with E-state index in [4.69, 9.17) is 0 Å². The van der Waals surface area contributed by atoms with Gasteiger partial charge in [-0.3, -0.25) is 4.79 Å². The molecule has 8 heteroatoms. The SMILES string of the molecule is CC(C)n1cc(-c2ccnc(Nc3ccc(N4CCNCC4)cn3)n2)ccc1=O. The van der Waals surface area contributed by atoms with Crippen molar-refractivity contribution in [3.8, 4) is 11.3 Å². The Labute approximate surface area is 169 Å². The van der Waals surface area contributed by atoms with Crippen molar-refractivity contribution in [1.82, 2.24) is 24.8 Å². The highest BCUT2D eigenvalue weighted by atomic mass is 16.1. The van der Waals surface area contributed by atoms with Gasteiger partial charge in [0, 0.05) is 56.2 Å². The molecule has 1 saturated heterocycles. The van der Waals surface area contributed by atoms with Gasteiger partial charge < -0.3 is 20.1 Å². The molecule has 0 saturated carbocycles. The molecule has 2 N–H and O–H groups in total. The van der Waals surface area contributed by atoms with Crippen LogP contribution in [0.4, 0.5) is 17.5 Å². The number of anilines is 3. The zero-order valence-corrected chi connectivity index (χ0v) is 16.7. The second-order valence-electron chi connectivity index (χ2n) is 7.29. The smallest absolute Gasteiger partial charge is 0.250 e. The second-order valence-corrected chi connectivity index (χ2v) is 7.29. The lowest BCUT2D eigenvalue weighted by atomic mass is 10.2. The van der Waals surface area contributed by atoms with Crippen molar-refractivity contribution in [3.05, 3.63) is 59.3 Å². The van der Waals surface area contributed by atoms with Crippen LogP contribution >= 0.6 is 0 Å². The van der Waals surface area contributed by atoms with Crippen molar-refractivity contribution in [2.24, 2.45) is 0 Å². The van der Waals surface area contributed by atoms with Crippen molar-refractivity contribution >= 4 is 17.5 Å². The zero-order valence-electron chi connectivity index (χ0n) is 16.7. The Hall–Kier alpha value is -3.26. The van der Waals surface area contributed by atoms with E-state index in [1.165, 1.54) is 0 Å². The van der Waals surface area contributed by atoms with Crippen molar-refractivity contribution in [3.63, 3.8) is 0 Å². The van der Waals surface area contributed by atoms with E-state index in [-0.39, 0.29) is 11.6 Å². The monoisotopic (exact) mass is 391 g/mol. The first-order chi connectivity index (χ1) is 14.1. The molecule has 1 fully saturated rings. The first-order valence-corrected chi connectivity index (χ1v) is 9.84. The van der Waals surface area contributed by atoms with Gasteiger partial charge in [0.05, 0.1) is 17.6 Å². The molecule has 0 amide bonds. The van der Waals surface area contributed by atoms with Crippen LogP contribution in [0.15, 0.2) is 53.7 Å². The lowest BCUT2D eigenvalue weighted by molar-refractivity contribution is 0.579. The fourth-order valence-corrected chi connectivity index (χ4v) is 3.32. The summed E-state index contributed by atoms with van der Waals surface area (Å²) in [5.74, 6) is 1.15. The van der Waals surface area contributed by atoms with Gasteiger partial charge in [-0.15, -0.1) is 0 Å². The molecule has 1 aliphatic rings. The molecule has 1 aliphatic heterocycles. The molecule has 0 radical (unpaired) electrons. The fraction of sp³-hybridized carbons (Fsp3) is 0.333. The van der Waals surface area contributed by atoms with Crippen LogP contribution in [0.5, 0.6) is 0 Å². The van der Waals surface area contributed by atoms with E-state index >= 15 is 0 Å². The first kappa shape index (κ1) is 19.1. The van der Waals surface area contributed by atoms with Gasteiger partial charge in [-0.25, -0.2) is 15.0 Å². The molecule has 150 valence electrons. The molecule has 4 rings (SSSR count). The van der Waals surface area contributed by atoms with Gasteiger partial charge in [0.25, 0.3) is 5.56 Å². The van der Waals surface area contributed by atoms with Crippen LogP contribution in [0.25, 0.3) is 11.3 Å². The van der Waals surface area contributed by atoms with Crippen LogP contribution in [0, 0.1) is 0 Å². The number of hydrogen-bond acceptors (Lipinski definition) is 7. The predicted molar refractivity (Wildman–Crippen MR) is 115 cm³/mol. The lowest BCUT2D eigenvalue weighted by Gasteiger charge is -2.29. The van der Waals surface area contributed by atoms with Gasteiger partial charge in [-0.2, -0.15) is 0 Å². The molecule has 0 aliphatic carbocycles. The Kier molecular flexibility index (Phi) is 5.53. The number of hydrogen-bond donors (Lipinski definition) is 2. The molecule has 4 heterocycles. The van der Waals surface area contributed by atoms with E-state index in [0.29, 0.717) is 11.8 Å². The van der Waals surface area contributed by atoms with Gasteiger partial charge in [0.2, 0.25) is 5.95 Å². The molecule has 29 heavy (non-hydrogen) atoms. The molecule has 3 aromatic heterocycles. The van der Waals surface area contributed by atoms with Gasteiger partial charge >= 0.3 is 0 Å². The molecular formula is C21H25N7O. The van der Waals surface area contributed by atoms with Crippen LogP contribution in [-0.4, -0.2) is 45.7 Å². The standard InChI is InChI=1S/C21H25N7O/c1-15(2)28-14-16(3-6-20(28)29)18-7-8-23-21(25-18)26-19-5-4-17(13-24-19)27-11-9-22-10-12-27/h3-8,13-15,22H,9-12H2,1-2H3,(H,23,24,25,26). The summed E-state index contributed by atoms with van der Waals surface area (Å²) >= 11 is 0. The average molecular weight is 391 g/mol. The van der Waals surface area contributed by atoms with E-state index in [0.717, 1.165) is 43.1 Å². The third kappa shape index (κ3) is 4.43. The number of pyridine rings is 2. The molecule has 0 aromatic carbocycles. The van der Waals surface area contributed by atoms with Crippen molar-refractivity contribution in [2.45, 2.75) is 19.9 Å². The predicted octanol–water partition coefficient (Wildman–Crippen LogP) is 2.43. The van der Waals surface area contributed by atoms with E-state index in [1.807, 2.05) is 38.4 Å². The minimum Gasteiger partial charge on any atom is -0.368 e. The number of rotatable bonds is 5. The van der Waals surface area contributed by atoms with Crippen LogP contribution in [-0.2, 0) is 0 Å². The minimum absolute atomic E-state index is 0.0232. The average Bonchev–Trinajstić information content (AvgIpc) is 2.75. The summed E-state index contributed by atoms with van der Waals surface area (Å²) in [5.41, 5.74) is 2.70. The normalized spacial score (nSPS) is 14.2. The molecule has 0 bridgehead atoms. The second kappa shape index (κ2) is 8.40. The largest absolute Gasteiger partial charge is 0.368 e. The maximum Gasteiger partial charge on any atom is 0.250 e. The van der Waals surface area contributed by atoms with Crippen molar-refractivity contribution in [1.29, 1.82) is 0 Å². The number of nitrogens with zero attached hydrogens (tertiary/aromatic N) is 5. The van der Waals surface area contributed by atoms with Gasteiger partial charge in [0.1, 0.15) is 5.82 Å². The highest BCUT2D eigenvalue weighted by molar-refractivity contribution is 5.60. The molecule has 0 atom stereocenters. The zero-order chi connectivity index (χ0) is 20.2. The fourth-order valence-electron chi connectivity index (χ4n) is 3.32. The third-order valence-corrected chi connectivity index (χ3v) is 4.92. The maximum atomic E-state index is 12.0. The Balaban J connectivity index is 1.52. The Bertz CT molecular complexity index is 1020. The van der Waals surface area contributed by atoms with Crippen molar-refractivity contribution < 1.29 is 0 Å². The number of nitrogens with one attached hydrogen (secondary N) is 2. The van der Waals surface area contributed by atoms with Gasteiger partial charge in [-0.1, -0.05) is 0 Å². The van der Waals surface area contributed by atoms with Gasteiger partial charge in [0.15, 0.2) is 0 Å². The summed E-state index contributed by atoms with van der Waals surface area (Å²) in [5, 5.41) is 6.51. The van der Waals surface area contributed by atoms with Crippen LogP contribution in [0.2, 0.25) is 0 Å². The van der Waals surface area contributed by atoms with Crippen LogP contribution in [0.1, 0.15) is 19.9 Å². The maximum absolute atomic E-state index is 12.0. The Morgan fingerprint density at radius 3 is 2.62 bits per heavy atom. The summed E-state index contributed by atoms with van der Waals surface area (Å²) in [7, 11) is 0. The van der Waals surface area contributed by atoms with E-state index < -0.39 is 0 Å². The number of piperazine rings is 1. The summed E-state index contributed by atoms with van der Waals surface area (Å²) in [6, 6.07) is 9.26.